The molecule has 0 aromatic heterocycles. The highest BCUT2D eigenvalue weighted by Gasteiger charge is 2.38. The zero-order chi connectivity index (χ0) is 24.6. The molecule has 0 radical (unpaired) electrons. The topological polar surface area (TPSA) is 78.9 Å². The molecule has 186 valence electrons. The molecule has 6 nitrogen and oxygen atoms in total. The van der Waals surface area contributed by atoms with Crippen molar-refractivity contribution in [3.63, 3.8) is 0 Å². The molecule has 0 heterocycles. The number of hydrogen-bond donors (Lipinski definition) is 0. The molecule has 0 saturated heterocycles. The van der Waals surface area contributed by atoms with Gasteiger partial charge in [-0.25, -0.2) is 0 Å². The van der Waals surface area contributed by atoms with E-state index in [9.17, 15) is 14.4 Å². The summed E-state index contributed by atoms with van der Waals surface area (Å²) in [5.74, 6) is -2.91. The zero-order valence-corrected chi connectivity index (χ0v) is 21.1. The van der Waals surface area contributed by atoms with Gasteiger partial charge in [0.1, 0.15) is 5.75 Å². The molecular weight excluding hydrogens is 420 g/mol. The first kappa shape index (κ1) is 28.7. The number of methoxy groups -OCH3 is 1. The predicted molar refractivity (Wildman–Crippen MR) is 129 cm³/mol. The monoisotopic (exact) mass is 462 g/mol. The van der Waals surface area contributed by atoms with Gasteiger partial charge in [-0.2, -0.15) is 0 Å². The Morgan fingerprint density at radius 2 is 1.21 bits per heavy atom. The number of benzene rings is 1. The lowest BCUT2D eigenvalue weighted by Crippen LogP contribution is -2.36. The van der Waals surface area contributed by atoms with Crippen LogP contribution >= 0.6 is 0 Å². The molecule has 33 heavy (non-hydrogen) atoms. The van der Waals surface area contributed by atoms with Crippen molar-refractivity contribution >= 4 is 17.7 Å². The van der Waals surface area contributed by atoms with Crippen LogP contribution in [0.2, 0.25) is 0 Å². The van der Waals surface area contributed by atoms with Crippen LogP contribution in [-0.2, 0) is 19.1 Å². The summed E-state index contributed by atoms with van der Waals surface area (Å²) in [5, 5.41) is 0. The van der Waals surface area contributed by atoms with Gasteiger partial charge in [0.05, 0.1) is 20.3 Å². The minimum absolute atomic E-state index is 0.198. The van der Waals surface area contributed by atoms with Crippen molar-refractivity contribution in [2.45, 2.75) is 79.1 Å². The Labute approximate surface area is 199 Å². The minimum Gasteiger partial charge on any atom is -0.497 e. The van der Waals surface area contributed by atoms with E-state index in [1.54, 1.807) is 24.3 Å². The maximum atomic E-state index is 13.2. The third kappa shape index (κ3) is 9.97. The van der Waals surface area contributed by atoms with E-state index in [0.717, 1.165) is 51.4 Å². The Bertz CT molecular complexity index is 680. The van der Waals surface area contributed by atoms with Crippen LogP contribution in [0.25, 0.3) is 0 Å². The van der Waals surface area contributed by atoms with Crippen LogP contribution < -0.4 is 4.74 Å². The van der Waals surface area contributed by atoms with Crippen molar-refractivity contribution in [1.82, 2.24) is 0 Å². The van der Waals surface area contributed by atoms with Crippen LogP contribution in [0.3, 0.4) is 0 Å². The Hall–Kier alpha value is -2.37. The third-order valence-electron chi connectivity index (χ3n) is 6.12. The fourth-order valence-electron chi connectivity index (χ4n) is 3.60. The smallest absolute Gasteiger partial charge is 0.328 e. The van der Waals surface area contributed by atoms with E-state index in [1.165, 1.54) is 7.11 Å². The van der Waals surface area contributed by atoms with E-state index < -0.39 is 23.6 Å². The van der Waals surface area contributed by atoms with Gasteiger partial charge in [-0.05, 0) is 48.9 Å². The van der Waals surface area contributed by atoms with Gasteiger partial charge in [-0.3, -0.25) is 14.4 Å². The van der Waals surface area contributed by atoms with Crippen molar-refractivity contribution in [2.24, 2.45) is 17.8 Å². The second kappa shape index (κ2) is 16.3. The summed E-state index contributed by atoms with van der Waals surface area (Å²) < 4.78 is 16.1. The van der Waals surface area contributed by atoms with Gasteiger partial charge in [-0.1, -0.05) is 66.2 Å². The second-order valence-electron chi connectivity index (χ2n) is 8.62. The van der Waals surface area contributed by atoms with Crippen molar-refractivity contribution in [2.75, 3.05) is 20.3 Å². The lowest BCUT2D eigenvalue weighted by Gasteiger charge is -2.20. The van der Waals surface area contributed by atoms with Crippen molar-refractivity contribution in [3.05, 3.63) is 29.8 Å². The van der Waals surface area contributed by atoms with Crippen molar-refractivity contribution in [1.29, 1.82) is 0 Å². The number of unbranched alkanes of at least 4 members (excludes halogenated alkanes) is 2. The number of hydrogen-bond acceptors (Lipinski definition) is 6. The Balaban J connectivity index is 2.97. The first-order valence-electron chi connectivity index (χ1n) is 12.4. The SMILES string of the molecule is CCCCC(CC)COC(=O)C(C(=O)OCC(CC)CCCC)C(=O)c1ccc(OC)cc1. The van der Waals surface area contributed by atoms with E-state index in [-0.39, 0.29) is 30.6 Å². The maximum absolute atomic E-state index is 13.2. The highest BCUT2D eigenvalue weighted by atomic mass is 16.6. The lowest BCUT2D eigenvalue weighted by atomic mass is 9.96. The molecule has 0 aliphatic carbocycles. The Morgan fingerprint density at radius 1 is 0.758 bits per heavy atom. The third-order valence-corrected chi connectivity index (χ3v) is 6.12. The van der Waals surface area contributed by atoms with Crippen LogP contribution in [0.1, 0.15) is 89.4 Å². The molecule has 0 bridgehead atoms. The molecule has 1 rings (SSSR count). The molecule has 2 unspecified atom stereocenters. The Kier molecular flexibility index (Phi) is 14.1. The number of carbonyl (C=O) groups excluding carboxylic acids is 3. The summed E-state index contributed by atoms with van der Waals surface area (Å²) in [5.41, 5.74) is 0.241. The second-order valence-corrected chi connectivity index (χ2v) is 8.62. The predicted octanol–water partition coefficient (Wildman–Crippen LogP) is 6.01. The molecule has 0 aliphatic rings. The zero-order valence-electron chi connectivity index (χ0n) is 21.1. The molecule has 6 heteroatoms. The number of esters is 2. The quantitative estimate of drug-likeness (QED) is 0.160. The average Bonchev–Trinajstić information content (AvgIpc) is 2.84. The highest BCUT2D eigenvalue weighted by molar-refractivity contribution is 6.20. The summed E-state index contributed by atoms with van der Waals surface area (Å²) in [6.07, 6.45) is 7.83. The van der Waals surface area contributed by atoms with Gasteiger partial charge in [0.25, 0.3) is 0 Å². The highest BCUT2D eigenvalue weighted by Crippen LogP contribution is 2.20. The van der Waals surface area contributed by atoms with Gasteiger partial charge in [0.2, 0.25) is 5.92 Å². The lowest BCUT2D eigenvalue weighted by molar-refractivity contribution is -0.161. The summed E-state index contributed by atoms with van der Waals surface area (Å²) in [6.45, 7) is 8.71. The van der Waals surface area contributed by atoms with Crippen LogP contribution in [0.4, 0.5) is 0 Å². The largest absolute Gasteiger partial charge is 0.497 e. The van der Waals surface area contributed by atoms with E-state index in [2.05, 4.69) is 13.8 Å². The first-order chi connectivity index (χ1) is 15.9. The van der Waals surface area contributed by atoms with Gasteiger partial charge in [-0.15, -0.1) is 0 Å². The molecular formula is C27H42O6. The standard InChI is InChI=1S/C27H42O6/c1-6-10-12-20(8-3)18-32-26(29)24(25(28)22-14-16-23(31-5)17-15-22)27(30)33-19-21(9-4)13-11-7-2/h14-17,20-21,24H,6-13,18-19H2,1-5H3. The maximum Gasteiger partial charge on any atom is 0.328 e. The van der Waals surface area contributed by atoms with Gasteiger partial charge in [0.15, 0.2) is 5.78 Å². The van der Waals surface area contributed by atoms with Gasteiger partial charge >= 0.3 is 11.9 Å². The van der Waals surface area contributed by atoms with Gasteiger partial charge in [0, 0.05) is 5.56 Å². The molecule has 2 atom stereocenters. The number of ketones is 1. The first-order valence-corrected chi connectivity index (χ1v) is 12.4. The van der Waals surface area contributed by atoms with E-state index in [4.69, 9.17) is 14.2 Å². The number of ether oxygens (including phenoxy) is 3. The van der Waals surface area contributed by atoms with E-state index in [0.29, 0.717) is 5.75 Å². The number of carbonyl (C=O) groups is 3. The summed E-state index contributed by atoms with van der Waals surface area (Å²) >= 11 is 0. The molecule has 1 aromatic carbocycles. The average molecular weight is 463 g/mol. The minimum atomic E-state index is -1.62. The van der Waals surface area contributed by atoms with Crippen LogP contribution in [0.15, 0.2) is 24.3 Å². The van der Waals surface area contributed by atoms with Crippen molar-refractivity contribution < 1.29 is 28.6 Å². The summed E-state index contributed by atoms with van der Waals surface area (Å²) in [4.78, 5) is 39.0. The Morgan fingerprint density at radius 3 is 1.58 bits per heavy atom. The summed E-state index contributed by atoms with van der Waals surface area (Å²) in [6, 6.07) is 6.33. The molecule has 1 aromatic rings. The van der Waals surface area contributed by atoms with Crippen LogP contribution in [0, 0.1) is 17.8 Å². The van der Waals surface area contributed by atoms with Crippen molar-refractivity contribution in [3.8, 4) is 5.75 Å². The van der Waals surface area contributed by atoms with E-state index >= 15 is 0 Å². The fourth-order valence-corrected chi connectivity index (χ4v) is 3.60. The molecule has 0 aliphatic heterocycles. The number of Topliss-reactive ketones (excluding diaryl/α,β-unsaturated/α-hetero) is 1. The molecule has 0 N–H and O–H groups in total. The number of rotatable bonds is 17. The molecule has 0 saturated carbocycles. The fraction of sp³-hybridized carbons (Fsp3) is 0.667. The van der Waals surface area contributed by atoms with Crippen LogP contribution in [0.5, 0.6) is 5.75 Å². The molecule has 0 fully saturated rings. The van der Waals surface area contributed by atoms with Crippen LogP contribution in [-0.4, -0.2) is 38.0 Å². The summed E-state index contributed by atoms with van der Waals surface area (Å²) in [7, 11) is 1.53. The molecule has 0 spiro atoms. The van der Waals surface area contributed by atoms with Gasteiger partial charge < -0.3 is 14.2 Å². The molecule has 0 amide bonds. The normalized spacial score (nSPS) is 13.6. The van der Waals surface area contributed by atoms with E-state index in [1.807, 2.05) is 13.8 Å².